The number of thiazole rings is 1. The topological polar surface area (TPSA) is 82.6 Å². The molecule has 0 spiro atoms. The van der Waals surface area contributed by atoms with Crippen molar-refractivity contribution in [2.24, 2.45) is 0 Å². The fourth-order valence-corrected chi connectivity index (χ4v) is 3.83. The molecule has 120 valence electrons. The van der Waals surface area contributed by atoms with Gasteiger partial charge in [-0.05, 0) is 26.3 Å². The SMILES string of the molecule is CC1CCCCN1Cc1cnc(Nc2ncnc3nc[nH]c23)s1. The van der Waals surface area contributed by atoms with Crippen LogP contribution in [0, 0.1) is 0 Å². The highest BCUT2D eigenvalue weighted by molar-refractivity contribution is 7.15. The summed E-state index contributed by atoms with van der Waals surface area (Å²) < 4.78 is 0. The van der Waals surface area contributed by atoms with Crippen LogP contribution in [0.25, 0.3) is 11.2 Å². The van der Waals surface area contributed by atoms with E-state index in [4.69, 9.17) is 0 Å². The molecule has 0 radical (unpaired) electrons. The second-order valence-electron chi connectivity index (χ2n) is 5.90. The average molecular weight is 329 g/mol. The first kappa shape index (κ1) is 14.5. The van der Waals surface area contributed by atoms with Crippen molar-refractivity contribution < 1.29 is 0 Å². The Kier molecular flexibility index (Phi) is 3.92. The Morgan fingerprint density at radius 3 is 3.17 bits per heavy atom. The number of nitrogens with zero attached hydrogens (tertiary/aromatic N) is 5. The Bertz CT molecular complexity index is 796. The quantitative estimate of drug-likeness (QED) is 0.766. The zero-order valence-corrected chi connectivity index (χ0v) is 13.8. The number of hydrogen-bond donors (Lipinski definition) is 2. The molecule has 0 aliphatic carbocycles. The number of nitrogens with one attached hydrogen (secondary N) is 2. The molecular formula is C15H19N7S. The first-order chi connectivity index (χ1) is 11.3. The summed E-state index contributed by atoms with van der Waals surface area (Å²) >= 11 is 1.68. The van der Waals surface area contributed by atoms with Gasteiger partial charge in [-0.2, -0.15) is 0 Å². The smallest absolute Gasteiger partial charge is 0.188 e. The number of imidazole rings is 1. The first-order valence-corrected chi connectivity index (χ1v) is 8.71. The minimum Gasteiger partial charge on any atom is -0.340 e. The maximum absolute atomic E-state index is 4.48. The normalized spacial score (nSPS) is 19.3. The summed E-state index contributed by atoms with van der Waals surface area (Å²) in [6, 6.07) is 0.661. The number of H-pyrrole nitrogens is 1. The standard InChI is InChI=1S/C15H19N7S/c1-10-4-2-3-5-22(10)7-11-6-16-15(23-11)21-14-12-13(18-8-17-12)19-9-20-14/h6,8-10H,2-5,7H2,1H3,(H2,16,17,18,19,20,21). The maximum atomic E-state index is 4.48. The summed E-state index contributed by atoms with van der Waals surface area (Å²) in [6.07, 6.45) is 9.03. The summed E-state index contributed by atoms with van der Waals surface area (Å²) in [5.74, 6) is 0.708. The van der Waals surface area contributed by atoms with Crippen molar-refractivity contribution in [1.82, 2.24) is 29.8 Å². The van der Waals surface area contributed by atoms with Gasteiger partial charge >= 0.3 is 0 Å². The minimum atomic E-state index is 0.654. The molecule has 3 aromatic heterocycles. The van der Waals surface area contributed by atoms with E-state index >= 15 is 0 Å². The molecule has 23 heavy (non-hydrogen) atoms. The van der Waals surface area contributed by atoms with Gasteiger partial charge in [-0.1, -0.05) is 6.42 Å². The van der Waals surface area contributed by atoms with E-state index < -0.39 is 0 Å². The Balaban J connectivity index is 1.48. The van der Waals surface area contributed by atoms with Crippen LogP contribution in [0.1, 0.15) is 31.1 Å². The van der Waals surface area contributed by atoms with Gasteiger partial charge in [0.05, 0.1) is 6.33 Å². The van der Waals surface area contributed by atoms with Crippen LogP contribution in [0.15, 0.2) is 18.9 Å². The van der Waals surface area contributed by atoms with Gasteiger partial charge in [-0.15, -0.1) is 11.3 Å². The van der Waals surface area contributed by atoms with Crippen molar-refractivity contribution >= 4 is 33.5 Å². The van der Waals surface area contributed by atoms with Crippen molar-refractivity contribution in [3.63, 3.8) is 0 Å². The molecule has 3 aromatic rings. The van der Waals surface area contributed by atoms with Crippen molar-refractivity contribution in [3.8, 4) is 0 Å². The van der Waals surface area contributed by atoms with Crippen molar-refractivity contribution in [2.75, 3.05) is 11.9 Å². The van der Waals surface area contributed by atoms with Crippen molar-refractivity contribution in [1.29, 1.82) is 0 Å². The van der Waals surface area contributed by atoms with Crippen LogP contribution in [-0.2, 0) is 6.54 Å². The Hall–Kier alpha value is -2.06. The zero-order valence-electron chi connectivity index (χ0n) is 13.0. The van der Waals surface area contributed by atoms with Gasteiger partial charge in [0.2, 0.25) is 0 Å². The molecule has 1 aliphatic heterocycles. The molecule has 0 saturated carbocycles. The number of piperidine rings is 1. The van der Waals surface area contributed by atoms with E-state index in [2.05, 4.69) is 42.1 Å². The number of aromatic nitrogens is 5. The van der Waals surface area contributed by atoms with Gasteiger partial charge in [0.1, 0.15) is 11.8 Å². The van der Waals surface area contributed by atoms with E-state index in [1.54, 1.807) is 17.7 Å². The van der Waals surface area contributed by atoms with Gasteiger partial charge < -0.3 is 10.3 Å². The monoisotopic (exact) mass is 329 g/mol. The predicted octanol–water partition coefficient (Wildman–Crippen LogP) is 2.93. The van der Waals surface area contributed by atoms with E-state index in [1.165, 1.54) is 37.0 Å². The largest absolute Gasteiger partial charge is 0.340 e. The Morgan fingerprint density at radius 1 is 1.30 bits per heavy atom. The molecule has 4 rings (SSSR count). The van der Waals surface area contributed by atoms with E-state index in [0.717, 1.165) is 17.2 Å². The third kappa shape index (κ3) is 3.04. The lowest BCUT2D eigenvalue weighted by Gasteiger charge is -2.32. The number of hydrogen-bond acceptors (Lipinski definition) is 7. The van der Waals surface area contributed by atoms with Gasteiger partial charge in [0, 0.05) is 23.7 Å². The lowest BCUT2D eigenvalue weighted by atomic mass is 10.0. The summed E-state index contributed by atoms with van der Waals surface area (Å²) in [5, 5.41) is 4.11. The Labute approximate surface area is 138 Å². The van der Waals surface area contributed by atoms with E-state index in [9.17, 15) is 0 Å². The van der Waals surface area contributed by atoms with Crippen LogP contribution < -0.4 is 5.32 Å². The van der Waals surface area contributed by atoms with Gasteiger partial charge in [0.15, 0.2) is 16.6 Å². The second-order valence-corrected chi connectivity index (χ2v) is 7.01. The number of aromatic amines is 1. The first-order valence-electron chi connectivity index (χ1n) is 7.89. The molecule has 0 bridgehead atoms. The highest BCUT2D eigenvalue weighted by Gasteiger charge is 2.19. The lowest BCUT2D eigenvalue weighted by molar-refractivity contribution is 0.154. The second kappa shape index (κ2) is 6.21. The van der Waals surface area contributed by atoms with E-state index in [0.29, 0.717) is 17.5 Å². The molecule has 1 fully saturated rings. The molecule has 1 unspecified atom stereocenters. The van der Waals surface area contributed by atoms with Gasteiger partial charge in [-0.3, -0.25) is 4.90 Å². The highest BCUT2D eigenvalue weighted by atomic mass is 32.1. The summed E-state index contributed by atoms with van der Waals surface area (Å²) in [7, 11) is 0. The molecule has 7 nitrogen and oxygen atoms in total. The molecular weight excluding hydrogens is 310 g/mol. The molecule has 1 aliphatic rings. The molecule has 8 heteroatoms. The summed E-state index contributed by atoms with van der Waals surface area (Å²) in [4.78, 5) is 23.9. The predicted molar refractivity (Wildman–Crippen MR) is 90.8 cm³/mol. The number of rotatable bonds is 4. The molecule has 0 amide bonds. The molecule has 4 heterocycles. The third-order valence-corrected chi connectivity index (χ3v) is 5.20. The molecule has 2 N–H and O–H groups in total. The van der Waals surface area contributed by atoms with Crippen molar-refractivity contribution in [2.45, 2.75) is 38.8 Å². The maximum Gasteiger partial charge on any atom is 0.188 e. The van der Waals surface area contributed by atoms with Crippen LogP contribution in [0.3, 0.4) is 0 Å². The van der Waals surface area contributed by atoms with E-state index in [1.807, 2.05) is 6.20 Å². The van der Waals surface area contributed by atoms with Crippen LogP contribution >= 0.6 is 11.3 Å². The fourth-order valence-electron chi connectivity index (χ4n) is 2.99. The Morgan fingerprint density at radius 2 is 2.26 bits per heavy atom. The average Bonchev–Trinajstić information content (AvgIpc) is 3.19. The molecule has 1 atom stereocenters. The zero-order chi connectivity index (χ0) is 15.6. The van der Waals surface area contributed by atoms with Crippen molar-refractivity contribution in [3.05, 3.63) is 23.7 Å². The third-order valence-electron chi connectivity index (χ3n) is 4.30. The van der Waals surface area contributed by atoms with Gasteiger partial charge in [0.25, 0.3) is 0 Å². The lowest BCUT2D eigenvalue weighted by Crippen LogP contribution is -2.36. The highest BCUT2D eigenvalue weighted by Crippen LogP contribution is 2.27. The minimum absolute atomic E-state index is 0.654. The van der Waals surface area contributed by atoms with Gasteiger partial charge in [-0.25, -0.2) is 19.9 Å². The van der Waals surface area contributed by atoms with Crippen LogP contribution in [0.5, 0.6) is 0 Å². The van der Waals surface area contributed by atoms with Crippen LogP contribution in [-0.4, -0.2) is 42.4 Å². The van der Waals surface area contributed by atoms with Crippen LogP contribution in [0.2, 0.25) is 0 Å². The summed E-state index contributed by atoms with van der Waals surface area (Å²) in [5.41, 5.74) is 1.45. The summed E-state index contributed by atoms with van der Waals surface area (Å²) in [6.45, 7) is 4.47. The number of anilines is 2. The molecule has 1 saturated heterocycles. The number of likely N-dealkylation sites (tertiary alicyclic amines) is 1. The fraction of sp³-hybridized carbons (Fsp3) is 0.467. The molecule has 0 aromatic carbocycles. The number of fused-ring (bicyclic) bond motifs is 1. The van der Waals surface area contributed by atoms with Crippen LogP contribution in [0.4, 0.5) is 10.9 Å². The van der Waals surface area contributed by atoms with E-state index in [-0.39, 0.29) is 0 Å².